The molecule has 5 amide bonds. The number of Topliss-reactive ketones (excluding diaryl/α,β-unsaturated/α-hetero) is 1. The van der Waals surface area contributed by atoms with Gasteiger partial charge in [0.15, 0.2) is 0 Å². The normalized spacial score (nSPS) is 21.4. The lowest BCUT2D eigenvalue weighted by molar-refractivity contribution is -0.138. The molecule has 1 heterocycles. The number of likely N-dealkylation sites (N-methyl/N-ethyl adjacent to an activating group) is 1. The van der Waals surface area contributed by atoms with Crippen LogP contribution in [0.4, 0.5) is 5.69 Å². The van der Waals surface area contributed by atoms with E-state index in [-0.39, 0.29) is 49.5 Å². The largest absolute Gasteiger partial charge is 0.353 e. The molecule has 5 atom stereocenters. The van der Waals surface area contributed by atoms with Crippen LogP contribution >= 0.6 is 0 Å². The average molecular weight is 615 g/mol. The maximum absolute atomic E-state index is 13.3. The monoisotopic (exact) mass is 614 g/mol. The topological polar surface area (TPSA) is 176 Å². The fourth-order valence-electron chi connectivity index (χ4n) is 6.46. The Morgan fingerprint density at radius 3 is 2.52 bits per heavy atom. The van der Waals surface area contributed by atoms with Gasteiger partial charge in [0, 0.05) is 39.2 Å². The number of hydrogen-bond donors (Lipinski definition) is 4. The van der Waals surface area contributed by atoms with Crippen molar-refractivity contribution in [2.24, 2.45) is 17.8 Å². The van der Waals surface area contributed by atoms with Crippen molar-refractivity contribution >= 4 is 41.0 Å². The van der Waals surface area contributed by atoms with Gasteiger partial charge in [-0.1, -0.05) is 26.7 Å². The summed E-state index contributed by atoms with van der Waals surface area (Å²) in [6.45, 7) is 5.16. The second-order valence-electron chi connectivity index (χ2n) is 12.0. The second kappa shape index (κ2) is 16.2. The summed E-state index contributed by atoms with van der Waals surface area (Å²) in [5, 5.41) is 10.4. The number of ketones is 1. The summed E-state index contributed by atoms with van der Waals surface area (Å²) in [5.74, 6) is -2.10. The Kier molecular flexibility index (Phi) is 12.7. The molecule has 44 heavy (non-hydrogen) atoms. The van der Waals surface area contributed by atoms with Crippen LogP contribution in [0.15, 0.2) is 23.1 Å². The number of nitrogens with zero attached hydrogens (tertiary/aromatic N) is 2. The Morgan fingerprint density at radius 2 is 1.84 bits per heavy atom. The number of carbonyl (C=O) groups is 6. The van der Waals surface area contributed by atoms with Crippen LogP contribution in [-0.2, 0) is 35.3 Å². The summed E-state index contributed by atoms with van der Waals surface area (Å²) >= 11 is 0. The molecule has 2 bridgehead atoms. The highest BCUT2D eigenvalue weighted by Gasteiger charge is 2.38. The zero-order valence-corrected chi connectivity index (χ0v) is 26.1. The minimum atomic E-state index is -1.28. The van der Waals surface area contributed by atoms with E-state index in [0.717, 1.165) is 25.2 Å². The number of aromatic nitrogens is 1. The van der Waals surface area contributed by atoms with Gasteiger partial charge in [0.25, 0.3) is 11.5 Å². The van der Waals surface area contributed by atoms with Crippen LogP contribution in [0.3, 0.4) is 0 Å². The van der Waals surface area contributed by atoms with Gasteiger partial charge in [-0.25, -0.2) is 0 Å². The molecule has 2 saturated carbocycles. The molecule has 2 aliphatic carbocycles. The van der Waals surface area contributed by atoms with Crippen molar-refractivity contribution in [1.82, 2.24) is 25.4 Å². The van der Waals surface area contributed by atoms with Crippen LogP contribution in [-0.4, -0.2) is 77.0 Å². The van der Waals surface area contributed by atoms with E-state index in [1.807, 2.05) is 6.92 Å². The highest BCUT2D eigenvalue weighted by atomic mass is 16.2. The second-order valence-corrected chi connectivity index (χ2v) is 12.0. The van der Waals surface area contributed by atoms with Gasteiger partial charge in [0.05, 0.1) is 6.54 Å². The fraction of sp³-hybridized carbons (Fsp3) is 0.645. The molecular formula is C31H46N6O7. The van der Waals surface area contributed by atoms with E-state index in [2.05, 4.69) is 28.2 Å². The Balaban J connectivity index is 1.69. The number of anilines is 1. The lowest BCUT2D eigenvalue weighted by atomic mass is 9.65. The molecule has 0 radical (unpaired) electrons. The van der Waals surface area contributed by atoms with E-state index in [1.54, 1.807) is 0 Å². The van der Waals surface area contributed by atoms with Crippen molar-refractivity contribution in [3.63, 3.8) is 0 Å². The first-order valence-electron chi connectivity index (χ1n) is 15.5. The first kappa shape index (κ1) is 34.5. The standard InChI is InChI=1S/C31H46N6O7/c1-5-13-36(20(3)38)17-26(40)33-23(11-12-25(39)30(43)32-4)29(42)34-24-10-7-14-37(31(24)44)18-27(41)35-28-19(2)15-21-8-6-9-22(28)16-21/h7,10,14,19,21-23,28H,5-6,8-9,11-13,15-18H2,1-4H3,(H,32,43)(H,33,40)(H,34,42)(H,35,41). The predicted molar refractivity (Wildman–Crippen MR) is 163 cm³/mol. The third-order valence-corrected chi connectivity index (χ3v) is 8.63. The van der Waals surface area contributed by atoms with Crippen molar-refractivity contribution < 1.29 is 28.8 Å². The van der Waals surface area contributed by atoms with E-state index >= 15 is 0 Å². The van der Waals surface area contributed by atoms with Crippen molar-refractivity contribution in [2.75, 3.05) is 25.5 Å². The Morgan fingerprint density at radius 1 is 1.09 bits per heavy atom. The third-order valence-electron chi connectivity index (χ3n) is 8.63. The Bertz CT molecular complexity index is 1290. The molecule has 1 aromatic heterocycles. The van der Waals surface area contributed by atoms with E-state index in [0.29, 0.717) is 24.8 Å². The number of amides is 5. The van der Waals surface area contributed by atoms with Gasteiger partial charge >= 0.3 is 0 Å². The van der Waals surface area contributed by atoms with Crippen LogP contribution < -0.4 is 26.8 Å². The Labute approximate surface area is 257 Å². The summed E-state index contributed by atoms with van der Waals surface area (Å²) < 4.78 is 1.21. The van der Waals surface area contributed by atoms with Crippen molar-refractivity contribution in [3.05, 3.63) is 28.7 Å². The van der Waals surface area contributed by atoms with Gasteiger partial charge in [0.1, 0.15) is 18.3 Å². The zero-order chi connectivity index (χ0) is 32.4. The highest BCUT2D eigenvalue weighted by molar-refractivity contribution is 6.36. The molecule has 0 spiro atoms. The SMILES string of the molecule is CCCN(CC(=O)NC(CCC(=O)C(=O)NC)C(=O)Nc1cccn(CC(=O)NC2C(C)CC3CCCC2C3)c1=O)C(C)=O. The molecule has 5 unspecified atom stereocenters. The molecule has 0 aromatic carbocycles. The maximum Gasteiger partial charge on any atom is 0.287 e. The minimum absolute atomic E-state index is 0.0655. The fourth-order valence-corrected chi connectivity index (χ4v) is 6.46. The van der Waals surface area contributed by atoms with Crippen LogP contribution in [0, 0.1) is 17.8 Å². The smallest absolute Gasteiger partial charge is 0.287 e. The van der Waals surface area contributed by atoms with E-state index in [9.17, 15) is 33.6 Å². The highest BCUT2D eigenvalue weighted by Crippen LogP contribution is 2.42. The lowest BCUT2D eigenvalue weighted by Crippen LogP contribution is -2.51. The van der Waals surface area contributed by atoms with Crippen molar-refractivity contribution in [1.29, 1.82) is 0 Å². The molecule has 0 saturated heterocycles. The van der Waals surface area contributed by atoms with E-state index in [4.69, 9.17) is 0 Å². The number of nitrogens with one attached hydrogen (secondary N) is 4. The number of rotatable bonds is 14. The molecule has 13 nitrogen and oxygen atoms in total. The van der Waals surface area contributed by atoms with Crippen molar-refractivity contribution in [2.45, 2.75) is 90.8 Å². The van der Waals surface area contributed by atoms with Gasteiger partial charge in [-0.2, -0.15) is 0 Å². The summed E-state index contributed by atoms with van der Waals surface area (Å²) in [4.78, 5) is 89.3. The van der Waals surface area contributed by atoms with Gasteiger partial charge in [-0.15, -0.1) is 0 Å². The molecular weight excluding hydrogens is 568 g/mol. The van der Waals surface area contributed by atoms with Gasteiger partial charge < -0.3 is 30.7 Å². The van der Waals surface area contributed by atoms with E-state index < -0.39 is 35.1 Å². The summed E-state index contributed by atoms with van der Waals surface area (Å²) in [5.41, 5.74) is -0.720. The van der Waals surface area contributed by atoms with E-state index in [1.165, 1.54) is 54.6 Å². The quantitative estimate of drug-likeness (QED) is 0.226. The number of hydrogen-bond acceptors (Lipinski definition) is 7. The minimum Gasteiger partial charge on any atom is -0.353 e. The predicted octanol–water partition coefficient (Wildman–Crippen LogP) is 0.956. The van der Waals surface area contributed by atoms with Gasteiger partial charge in [-0.3, -0.25) is 33.6 Å². The van der Waals surface area contributed by atoms with Crippen LogP contribution in [0.5, 0.6) is 0 Å². The van der Waals surface area contributed by atoms with Gasteiger partial charge in [0.2, 0.25) is 29.4 Å². The first-order valence-corrected chi connectivity index (χ1v) is 15.5. The molecule has 1 aromatic rings. The van der Waals surface area contributed by atoms with Crippen LogP contribution in [0.2, 0.25) is 0 Å². The summed E-state index contributed by atoms with van der Waals surface area (Å²) in [6, 6.07) is 1.69. The number of carbonyl (C=O) groups excluding carboxylic acids is 6. The average Bonchev–Trinajstić information content (AvgIpc) is 2.98. The molecule has 242 valence electrons. The molecule has 3 rings (SSSR count). The molecule has 2 fully saturated rings. The first-order chi connectivity index (χ1) is 20.9. The molecule has 4 N–H and O–H groups in total. The van der Waals surface area contributed by atoms with Gasteiger partial charge in [-0.05, 0) is 62.0 Å². The molecule has 0 aliphatic heterocycles. The molecule has 13 heteroatoms. The Hall–Kier alpha value is -4.03. The van der Waals surface area contributed by atoms with Crippen LogP contribution in [0.1, 0.15) is 72.1 Å². The zero-order valence-electron chi connectivity index (χ0n) is 26.1. The van der Waals surface area contributed by atoms with Crippen molar-refractivity contribution in [3.8, 4) is 0 Å². The van der Waals surface area contributed by atoms with Crippen LogP contribution in [0.25, 0.3) is 0 Å². The maximum atomic E-state index is 13.3. The lowest BCUT2D eigenvalue weighted by Gasteiger charge is -2.44. The molecule has 2 aliphatic rings. The summed E-state index contributed by atoms with van der Waals surface area (Å²) in [6.07, 6.45) is 7.23. The number of fused-ring (bicyclic) bond motifs is 2. The number of pyridine rings is 1. The summed E-state index contributed by atoms with van der Waals surface area (Å²) in [7, 11) is 1.30. The third kappa shape index (κ3) is 9.48.